The van der Waals surface area contributed by atoms with Crippen LogP contribution in [0.2, 0.25) is 0 Å². The van der Waals surface area contributed by atoms with Crippen LogP contribution in [0.25, 0.3) is 0 Å². The first-order valence-corrected chi connectivity index (χ1v) is 6.62. The molecule has 0 spiro atoms. The summed E-state index contributed by atoms with van der Waals surface area (Å²) in [4.78, 5) is 17.4. The highest BCUT2D eigenvalue weighted by Gasteiger charge is 2.18. The molecule has 2 heterocycles. The molecule has 2 aromatic rings. The lowest BCUT2D eigenvalue weighted by atomic mass is 10.2. The zero-order valence-corrected chi connectivity index (χ0v) is 11.8. The van der Waals surface area contributed by atoms with Gasteiger partial charge in [-0.2, -0.15) is 5.10 Å². The molecule has 96 valence electrons. The van der Waals surface area contributed by atoms with Crippen LogP contribution in [-0.2, 0) is 6.54 Å². The number of nitrogens with one attached hydrogen (secondary N) is 1. The van der Waals surface area contributed by atoms with Crippen molar-refractivity contribution in [2.24, 2.45) is 0 Å². The third-order valence-electron chi connectivity index (χ3n) is 2.75. The van der Waals surface area contributed by atoms with Crippen molar-refractivity contribution in [2.45, 2.75) is 34.2 Å². The number of carbonyl (C=O) groups excluding carboxylic acids is 1. The molecule has 6 heteroatoms. The van der Waals surface area contributed by atoms with E-state index in [-0.39, 0.29) is 5.91 Å². The van der Waals surface area contributed by atoms with E-state index in [1.54, 1.807) is 6.20 Å². The van der Waals surface area contributed by atoms with E-state index in [1.807, 2.05) is 32.4 Å². The number of rotatable bonds is 3. The van der Waals surface area contributed by atoms with Gasteiger partial charge in [-0.15, -0.1) is 11.3 Å². The number of carbonyl (C=O) groups is 1. The van der Waals surface area contributed by atoms with Crippen LogP contribution in [0.15, 0.2) is 6.20 Å². The van der Waals surface area contributed by atoms with E-state index in [4.69, 9.17) is 0 Å². The molecule has 0 saturated heterocycles. The number of hydrogen-bond acceptors (Lipinski definition) is 4. The number of hydrogen-bond donors (Lipinski definition) is 1. The quantitative estimate of drug-likeness (QED) is 0.926. The largest absolute Gasteiger partial charge is 0.298 e. The normalized spacial score (nSPS) is 10.7. The van der Waals surface area contributed by atoms with Gasteiger partial charge in [-0.25, -0.2) is 4.98 Å². The van der Waals surface area contributed by atoms with Gasteiger partial charge in [-0.3, -0.25) is 14.8 Å². The second-order valence-corrected chi connectivity index (χ2v) is 5.33. The topological polar surface area (TPSA) is 59.8 Å². The summed E-state index contributed by atoms with van der Waals surface area (Å²) in [6.07, 6.45) is 1.75. The highest BCUT2D eigenvalue weighted by atomic mass is 32.1. The highest BCUT2D eigenvalue weighted by molar-refractivity contribution is 7.15. The minimum Gasteiger partial charge on any atom is -0.298 e. The first-order valence-electron chi connectivity index (χ1n) is 5.80. The summed E-state index contributed by atoms with van der Waals surface area (Å²) in [5.41, 5.74) is 2.28. The Morgan fingerprint density at radius 3 is 2.67 bits per heavy atom. The maximum Gasteiger partial charge on any atom is 0.261 e. The molecule has 1 amide bonds. The Morgan fingerprint density at radius 2 is 2.17 bits per heavy atom. The Bertz CT molecular complexity index is 585. The van der Waals surface area contributed by atoms with E-state index in [1.165, 1.54) is 11.3 Å². The summed E-state index contributed by atoms with van der Waals surface area (Å²) in [6, 6.07) is 0. The Labute approximate surface area is 110 Å². The van der Waals surface area contributed by atoms with E-state index in [0.29, 0.717) is 10.7 Å². The van der Waals surface area contributed by atoms with Crippen molar-refractivity contribution in [2.75, 3.05) is 5.32 Å². The van der Waals surface area contributed by atoms with Crippen molar-refractivity contribution in [3.63, 3.8) is 0 Å². The first-order chi connectivity index (χ1) is 8.52. The van der Waals surface area contributed by atoms with Crippen LogP contribution in [0.3, 0.4) is 0 Å². The van der Waals surface area contributed by atoms with Crippen molar-refractivity contribution in [3.8, 4) is 0 Å². The van der Waals surface area contributed by atoms with Gasteiger partial charge in [0, 0.05) is 23.3 Å². The molecular weight excluding hydrogens is 248 g/mol. The van der Waals surface area contributed by atoms with Crippen LogP contribution >= 0.6 is 11.3 Å². The van der Waals surface area contributed by atoms with Crippen molar-refractivity contribution in [3.05, 3.63) is 28.0 Å². The summed E-state index contributed by atoms with van der Waals surface area (Å²) in [7, 11) is 0. The minimum absolute atomic E-state index is 0.140. The standard InChI is InChI=1S/C12H16N4OS/c1-5-16-9(4)10(8(3)15-16)11(17)14-12-13-6-7(2)18-12/h6H,5H2,1-4H3,(H,13,14,17). The second kappa shape index (κ2) is 4.89. The molecule has 0 aliphatic rings. The van der Waals surface area contributed by atoms with Crippen LogP contribution in [0, 0.1) is 20.8 Å². The van der Waals surface area contributed by atoms with E-state index >= 15 is 0 Å². The van der Waals surface area contributed by atoms with Gasteiger partial charge in [0.15, 0.2) is 5.13 Å². The molecule has 2 rings (SSSR count). The molecule has 18 heavy (non-hydrogen) atoms. The predicted molar refractivity (Wildman–Crippen MR) is 72.2 cm³/mol. The number of thiazole rings is 1. The Balaban J connectivity index is 2.26. The van der Waals surface area contributed by atoms with Gasteiger partial charge < -0.3 is 0 Å². The zero-order chi connectivity index (χ0) is 13.3. The van der Waals surface area contributed by atoms with Crippen molar-refractivity contribution >= 4 is 22.4 Å². The van der Waals surface area contributed by atoms with Crippen molar-refractivity contribution in [1.29, 1.82) is 0 Å². The number of aromatic nitrogens is 3. The van der Waals surface area contributed by atoms with Crippen LogP contribution in [-0.4, -0.2) is 20.7 Å². The average molecular weight is 264 g/mol. The molecule has 5 nitrogen and oxygen atoms in total. The molecule has 0 aromatic carbocycles. The highest BCUT2D eigenvalue weighted by Crippen LogP contribution is 2.19. The summed E-state index contributed by atoms with van der Waals surface area (Å²) >= 11 is 1.46. The van der Waals surface area contributed by atoms with E-state index in [0.717, 1.165) is 22.8 Å². The summed E-state index contributed by atoms with van der Waals surface area (Å²) in [5, 5.41) is 7.77. The van der Waals surface area contributed by atoms with Crippen LogP contribution in [0.1, 0.15) is 33.5 Å². The van der Waals surface area contributed by atoms with Crippen LogP contribution < -0.4 is 5.32 Å². The van der Waals surface area contributed by atoms with Crippen molar-refractivity contribution in [1.82, 2.24) is 14.8 Å². The number of nitrogens with zero attached hydrogens (tertiary/aromatic N) is 3. The van der Waals surface area contributed by atoms with Crippen molar-refractivity contribution < 1.29 is 4.79 Å². The average Bonchev–Trinajstić information content (AvgIpc) is 2.83. The lowest BCUT2D eigenvalue weighted by Crippen LogP contribution is -2.14. The minimum atomic E-state index is -0.140. The first kappa shape index (κ1) is 12.8. The van der Waals surface area contributed by atoms with Gasteiger partial charge in [0.1, 0.15) is 0 Å². The van der Waals surface area contributed by atoms with E-state index < -0.39 is 0 Å². The molecule has 0 saturated carbocycles. The van der Waals surface area contributed by atoms with Gasteiger partial charge >= 0.3 is 0 Å². The second-order valence-electron chi connectivity index (χ2n) is 4.09. The van der Waals surface area contributed by atoms with Gasteiger partial charge in [-0.05, 0) is 27.7 Å². The molecule has 2 aromatic heterocycles. The molecule has 0 atom stereocenters. The lowest BCUT2D eigenvalue weighted by Gasteiger charge is -2.02. The smallest absolute Gasteiger partial charge is 0.261 e. The third kappa shape index (κ3) is 2.28. The maximum absolute atomic E-state index is 12.2. The maximum atomic E-state index is 12.2. The molecule has 0 unspecified atom stereocenters. The molecule has 1 N–H and O–H groups in total. The summed E-state index contributed by atoms with van der Waals surface area (Å²) < 4.78 is 1.83. The molecule has 0 fully saturated rings. The number of anilines is 1. The summed E-state index contributed by atoms with van der Waals surface area (Å²) in [5.74, 6) is -0.140. The van der Waals surface area contributed by atoms with Gasteiger partial charge in [0.25, 0.3) is 5.91 Å². The van der Waals surface area contributed by atoms with Crippen LogP contribution in [0.5, 0.6) is 0 Å². The molecule has 0 aliphatic heterocycles. The number of aryl methyl sites for hydroxylation is 3. The molecule has 0 aliphatic carbocycles. The fourth-order valence-corrected chi connectivity index (χ4v) is 2.57. The van der Waals surface area contributed by atoms with Gasteiger partial charge in [0.2, 0.25) is 0 Å². The zero-order valence-electron chi connectivity index (χ0n) is 10.9. The Morgan fingerprint density at radius 1 is 1.44 bits per heavy atom. The van der Waals surface area contributed by atoms with E-state index in [9.17, 15) is 4.79 Å². The SMILES string of the molecule is CCn1nc(C)c(C(=O)Nc2ncc(C)s2)c1C. The fourth-order valence-electron chi connectivity index (χ4n) is 1.91. The molecule has 0 radical (unpaired) electrons. The van der Waals surface area contributed by atoms with E-state index in [2.05, 4.69) is 15.4 Å². The Hall–Kier alpha value is -1.69. The predicted octanol–water partition coefficient (Wildman–Crippen LogP) is 2.54. The molecular formula is C12H16N4OS. The molecule has 0 bridgehead atoms. The Kier molecular flexibility index (Phi) is 3.47. The fraction of sp³-hybridized carbons (Fsp3) is 0.417. The van der Waals surface area contributed by atoms with Gasteiger partial charge in [0.05, 0.1) is 11.3 Å². The van der Waals surface area contributed by atoms with Crippen LogP contribution in [0.4, 0.5) is 5.13 Å². The third-order valence-corrected chi connectivity index (χ3v) is 3.58. The summed E-state index contributed by atoms with van der Waals surface area (Å²) in [6.45, 7) is 8.48. The van der Waals surface area contributed by atoms with Gasteiger partial charge in [-0.1, -0.05) is 0 Å². The number of amides is 1. The lowest BCUT2D eigenvalue weighted by molar-refractivity contribution is 0.102. The monoisotopic (exact) mass is 264 g/mol.